The van der Waals surface area contributed by atoms with E-state index >= 15 is 0 Å². The summed E-state index contributed by atoms with van der Waals surface area (Å²) in [5.74, 6) is -0.277. The average molecular weight is 271 g/mol. The van der Waals surface area contributed by atoms with Crippen molar-refractivity contribution in [3.05, 3.63) is 11.6 Å². The van der Waals surface area contributed by atoms with Crippen LogP contribution >= 0.6 is 0 Å². The maximum Gasteiger partial charge on any atom is 0.333 e. The van der Waals surface area contributed by atoms with Crippen molar-refractivity contribution in [2.24, 2.45) is 0 Å². The predicted molar refractivity (Wildman–Crippen MR) is 72.9 cm³/mol. The highest BCUT2D eigenvalue weighted by Gasteiger charge is 2.30. The molecule has 0 bridgehead atoms. The van der Waals surface area contributed by atoms with Crippen LogP contribution in [0, 0.1) is 0 Å². The first-order chi connectivity index (χ1) is 9.00. The number of ether oxygens (including phenoxy) is 2. The Hall–Kier alpha value is -0.910. The van der Waals surface area contributed by atoms with Gasteiger partial charge in [-0.25, -0.2) is 4.79 Å². The SMILES string of the molecule is CCC(=CCN(C)CC1(O)CCOCC1)C(=O)OC. The molecule has 110 valence electrons. The molecule has 0 atom stereocenters. The molecule has 0 aliphatic carbocycles. The molecule has 1 N–H and O–H groups in total. The quantitative estimate of drug-likeness (QED) is 0.576. The van der Waals surface area contributed by atoms with Crippen LogP contribution in [0.2, 0.25) is 0 Å². The van der Waals surface area contributed by atoms with Gasteiger partial charge in [-0.2, -0.15) is 0 Å². The number of carbonyl (C=O) groups excluding carboxylic acids is 1. The van der Waals surface area contributed by atoms with Crippen molar-refractivity contribution in [1.29, 1.82) is 0 Å². The monoisotopic (exact) mass is 271 g/mol. The summed E-state index contributed by atoms with van der Waals surface area (Å²) in [6, 6.07) is 0. The molecule has 0 amide bonds. The normalized spacial score (nSPS) is 19.5. The number of carbonyl (C=O) groups is 1. The second kappa shape index (κ2) is 7.62. The number of hydrogen-bond donors (Lipinski definition) is 1. The Kier molecular flexibility index (Phi) is 6.48. The van der Waals surface area contributed by atoms with E-state index in [2.05, 4.69) is 0 Å². The Bertz CT molecular complexity index is 321. The number of likely N-dealkylation sites (N-methyl/N-ethyl adjacent to an activating group) is 1. The Morgan fingerprint density at radius 3 is 2.63 bits per heavy atom. The topological polar surface area (TPSA) is 59.0 Å². The Morgan fingerprint density at radius 1 is 1.47 bits per heavy atom. The maximum absolute atomic E-state index is 11.4. The van der Waals surface area contributed by atoms with Gasteiger partial charge >= 0.3 is 5.97 Å². The third kappa shape index (κ3) is 5.30. The van der Waals surface area contributed by atoms with E-state index in [4.69, 9.17) is 9.47 Å². The smallest absolute Gasteiger partial charge is 0.333 e. The molecule has 0 aromatic rings. The molecular weight excluding hydrogens is 246 g/mol. The lowest BCUT2D eigenvalue weighted by molar-refractivity contribution is -0.136. The lowest BCUT2D eigenvalue weighted by atomic mass is 9.94. The largest absolute Gasteiger partial charge is 0.466 e. The van der Waals surface area contributed by atoms with Gasteiger partial charge in [-0.15, -0.1) is 0 Å². The van der Waals surface area contributed by atoms with Crippen LogP contribution in [-0.4, -0.2) is 62.0 Å². The van der Waals surface area contributed by atoms with E-state index in [0.29, 0.717) is 51.1 Å². The minimum Gasteiger partial charge on any atom is -0.466 e. The Morgan fingerprint density at radius 2 is 2.11 bits per heavy atom. The fourth-order valence-corrected chi connectivity index (χ4v) is 2.25. The summed E-state index contributed by atoms with van der Waals surface area (Å²) >= 11 is 0. The number of esters is 1. The van der Waals surface area contributed by atoms with E-state index in [1.54, 1.807) is 0 Å². The van der Waals surface area contributed by atoms with E-state index in [1.807, 2.05) is 24.9 Å². The van der Waals surface area contributed by atoms with E-state index in [0.717, 1.165) is 0 Å². The number of methoxy groups -OCH3 is 1. The van der Waals surface area contributed by atoms with E-state index in [1.165, 1.54) is 7.11 Å². The van der Waals surface area contributed by atoms with Gasteiger partial charge in [-0.05, 0) is 13.5 Å². The average Bonchev–Trinajstić information content (AvgIpc) is 2.39. The van der Waals surface area contributed by atoms with Crippen molar-refractivity contribution < 1.29 is 19.4 Å². The molecule has 1 aliphatic heterocycles. The van der Waals surface area contributed by atoms with Crippen LogP contribution in [0.25, 0.3) is 0 Å². The Balaban J connectivity index is 2.47. The molecule has 0 radical (unpaired) electrons. The van der Waals surface area contributed by atoms with Crippen LogP contribution in [0.3, 0.4) is 0 Å². The number of hydrogen-bond acceptors (Lipinski definition) is 5. The highest BCUT2D eigenvalue weighted by atomic mass is 16.5. The second-order valence-electron chi connectivity index (χ2n) is 5.11. The van der Waals surface area contributed by atoms with Crippen LogP contribution in [0.1, 0.15) is 26.2 Å². The van der Waals surface area contributed by atoms with Crippen molar-refractivity contribution >= 4 is 5.97 Å². The number of aliphatic hydroxyl groups is 1. The molecule has 1 rings (SSSR count). The summed E-state index contributed by atoms with van der Waals surface area (Å²) in [6.45, 7) is 4.37. The number of rotatable bonds is 6. The standard InChI is InChI=1S/C14H25NO4/c1-4-12(13(16)18-3)5-8-15(2)11-14(17)6-9-19-10-7-14/h5,17H,4,6-11H2,1-3H3. The van der Waals surface area contributed by atoms with Crippen molar-refractivity contribution in [2.75, 3.05) is 40.5 Å². The summed E-state index contributed by atoms with van der Waals surface area (Å²) in [6.07, 6.45) is 3.85. The third-order valence-electron chi connectivity index (χ3n) is 3.47. The van der Waals surface area contributed by atoms with Gasteiger partial charge in [0.05, 0.1) is 12.7 Å². The van der Waals surface area contributed by atoms with Crippen LogP contribution in [0.4, 0.5) is 0 Å². The molecule has 5 heteroatoms. The predicted octanol–water partition coefficient (Wildman–Crippen LogP) is 0.969. The fraction of sp³-hybridized carbons (Fsp3) is 0.786. The molecule has 1 heterocycles. The summed E-state index contributed by atoms with van der Waals surface area (Å²) < 4.78 is 9.97. The minimum absolute atomic E-state index is 0.277. The summed E-state index contributed by atoms with van der Waals surface area (Å²) in [5.41, 5.74) is 0.00620. The second-order valence-corrected chi connectivity index (χ2v) is 5.11. The van der Waals surface area contributed by atoms with Gasteiger partial charge in [-0.3, -0.25) is 4.90 Å². The zero-order chi connectivity index (χ0) is 14.3. The van der Waals surface area contributed by atoms with Crippen molar-refractivity contribution in [3.63, 3.8) is 0 Å². The van der Waals surface area contributed by atoms with Crippen LogP contribution in [-0.2, 0) is 14.3 Å². The highest BCUT2D eigenvalue weighted by Crippen LogP contribution is 2.21. The van der Waals surface area contributed by atoms with Crippen LogP contribution in [0.15, 0.2) is 11.6 Å². The van der Waals surface area contributed by atoms with Crippen LogP contribution < -0.4 is 0 Å². The van der Waals surface area contributed by atoms with E-state index in [9.17, 15) is 9.90 Å². The third-order valence-corrected chi connectivity index (χ3v) is 3.47. The molecule has 19 heavy (non-hydrogen) atoms. The van der Waals surface area contributed by atoms with Gasteiger partial charge in [0.25, 0.3) is 0 Å². The lowest BCUT2D eigenvalue weighted by Crippen LogP contribution is -2.45. The van der Waals surface area contributed by atoms with Gasteiger partial charge in [0.2, 0.25) is 0 Å². The molecular formula is C14H25NO4. The molecule has 5 nitrogen and oxygen atoms in total. The Labute approximate surface area is 115 Å². The highest BCUT2D eigenvalue weighted by molar-refractivity contribution is 5.88. The van der Waals surface area contributed by atoms with Crippen LogP contribution in [0.5, 0.6) is 0 Å². The zero-order valence-electron chi connectivity index (χ0n) is 12.1. The first-order valence-electron chi connectivity index (χ1n) is 6.77. The van der Waals surface area contributed by atoms with Crippen molar-refractivity contribution in [1.82, 2.24) is 4.90 Å². The molecule has 0 aromatic carbocycles. The lowest BCUT2D eigenvalue weighted by Gasteiger charge is -2.35. The molecule has 0 spiro atoms. The van der Waals surface area contributed by atoms with Gasteiger partial charge in [0.1, 0.15) is 0 Å². The molecule has 0 aromatic heterocycles. The van der Waals surface area contributed by atoms with E-state index < -0.39 is 5.60 Å². The van der Waals surface area contributed by atoms with Gasteiger partial charge < -0.3 is 14.6 Å². The fourth-order valence-electron chi connectivity index (χ4n) is 2.25. The first-order valence-corrected chi connectivity index (χ1v) is 6.77. The van der Waals surface area contributed by atoms with Gasteiger partial charge in [-0.1, -0.05) is 13.0 Å². The van der Waals surface area contributed by atoms with Crippen molar-refractivity contribution in [2.45, 2.75) is 31.8 Å². The maximum atomic E-state index is 11.4. The number of nitrogens with zero attached hydrogens (tertiary/aromatic N) is 1. The van der Waals surface area contributed by atoms with Gasteiger partial charge in [0.15, 0.2) is 0 Å². The van der Waals surface area contributed by atoms with Gasteiger partial charge in [0, 0.05) is 44.7 Å². The molecule has 1 saturated heterocycles. The summed E-state index contributed by atoms with van der Waals surface area (Å²) in [4.78, 5) is 13.5. The first kappa shape index (κ1) is 16.1. The van der Waals surface area contributed by atoms with E-state index in [-0.39, 0.29) is 5.97 Å². The molecule has 1 fully saturated rings. The molecule has 0 unspecified atom stereocenters. The molecule has 0 saturated carbocycles. The summed E-state index contributed by atoms with van der Waals surface area (Å²) in [7, 11) is 3.33. The molecule has 1 aliphatic rings. The zero-order valence-corrected chi connectivity index (χ0v) is 12.1. The summed E-state index contributed by atoms with van der Waals surface area (Å²) in [5, 5.41) is 10.4. The minimum atomic E-state index is -0.668. The van der Waals surface area contributed by atoms with Crippen molar-refractivity contribution in [3.8, 4) is 0 Å².